The second-order valence-electron chi connectivity index (χ2n) is 6.39. The Labute approximate surface area is 132 Å². The lowest BCUT2D eigenvalue weighted by molar-refractivity contribution is -0.137. The van der Waals surface area contributed by atoms with Gasteiger partial charge in [-0.2, -0.15) is 13.2 Å². The number of hydrogen-bond acceptors (Lipinski definition) is 3. The first-order valence-electron chi connectivity index (χ1n) is 7.84. The molecule has 0 bridgehead atoms. The van der Waals surface area contributed by atoms with Crippen molar-refractivity contribution in [2.45, 2.75) is 25.4 Å². The van der Waals surface area contributed by atoms with Crippen molar-refractivity contribution in [1.82, 2.24) is 4.90 Å². The first kappa shape index (κ1) is 16.0. The molecule has 1 aliphatic heterocycles. The number of carbonyl (C=O) groups excluding carboxylic acids is 1. The molecule has 1 atom stereocenters. The number of rotatable bonds is 4. The largest absolute Gasteiger partial charge is 0.416 e. The van der Waals surface area contributed by atoms with Crippen molar-refractivity contribution in [1.29, 1.82) is 0 Å². The smallest absolute Gasteiger partial charge is 0.397 e. The minimum atomic E-state index is -4.38. The average Bonchev–Trinajstić information content (AvgIpc) is 3.23. The quantitative estimate of drug-likeness (QED) is 0.836. The van der Waals surface area contributed by atoms with Gasteiger partial charge >= 0.3 is 6.18 Å². The molecule has 3 rings (SSSR count). The van der Waals surface area contributed by atoms with Crippen LogP contribution in [0.4, 0.5) is 24.5 Å². The van der Waals surface area contributed by atoms with Crippen LogP contribution in [0.15, 0.2) is 18.2 Å². The first-order chi connectivity index (χ1) is 10.8. The van der Waals surface area contributed by atoms with E-state index in [-0.39, 0.29) is 17.7 Å². The zero-order valence-electron chi connectivity index (χ0n) is 12.7. The SMILES string of the molecule is Nc1ccc(C(F)(F)F)cc1NC[C@@H]1CCN(C(=O)C2CC2)C1. The molecule has 2 aliphatic rings. The van der Waals surface area contributed by atoms with Crippen LogP contribution in [-0.2, 0) is 11.0 Å². The monoisotopic (exact) mass is 327 g/mol. The number of amides is 1. The van der Waals surface area contributed by atoms with Crippen molar-refractivity contribution in [2.24, 2.45) is 11.8 Å². The van der Waals surface area contributed by atoms with Crippen molar-refractivity contribution in [3.8, 4) is 0 Å². The number of benzene rings is 1. The van der Waals surface area contributed by atoms with Gasteiger partial charge in [0.15, 0.2) is 0 Å². The molecule has 1 amide bonds. The Balaban J connectivity index is 1.57. The highest BCUT2D eigenvalue weighted by Gasteiger charge is 2.36. The van der Waals surface area contributed by atoms with Gasteiger partial charge in [0, 0.05) is 25.6 Å². The van der Waals surface area contributed by atoms with Gasteiger partial charge in [0.05, 0.1) is 16.9 Å². The number of nitrogens with two attached hydrogens (primary N) is 1. The minimum Gasteiger partial charge on any atom is -0.397 e. The number of alkyl halides is 3. The van der Waals surface area contributed by atoms with Crippen molar-refractivity contribution in [3.05, 3.63) is 23.8 Å². The Hall–Kier alpha value is -1.92. The van der Waals surface area contributed by atoms with E-state index in [9.17, 15) is 18.0 Å². The number of carbonyl (C=O) groups is 1. The number of nitrogen functional groups attached to an aromatic ring is 1. The fourth-order valence-corrected chi connectivity index (χ4v) is 2.93. The van der Waals surface area contributed by atoms with Gasteiger partial charge in [-0.1, -0.05) is 0 Å². The summed E-state index contributed by atoms with van der Waals surface area (Å²) in [5.74, 6) is 0.679. The second-order valence-corrected chi connectivity index (χ2v) is 6.39. The topological polar surface area (TPSA) is 58.4 Å². The Morgan fingerprint density at radius 1 is 1.30 bits per heavy atom. The zero-order valence-corrected chi connectivity index (χ0v) is 12.7. The van der Waals surface area contributed by atoms with E-state index in [4.69, 9.17) is 5.73 Å². The minimum absolute atomic E-state index is 0.209. The van der Waals surface area contributed by atoms with Gasteiger partial charge < -0.3 is 16.0 Å². The third kappa shape index (κ3) is 3.71. The lowest BCUT2D eigenvalue weighted by atomic mass is 10.1. The third-order valence-electron chi connectivity index (χ3n) is 4.49. The summed E-state index contributed by atoms with van der Waals surface area (Å²) in [6, 6.07) is 3.28. The van der Waals surface area contributed by atoms with Crippen molar-refractivity contribution >= 4 is 17.3 Å². The molecule has 0 spiro atoms. The molecule has 1 saturated heterocycles. The second kappa shape index (κ2) is 5.94. The molecule has 1 aromatic carbocycles. The van der Waals surface area contributed by atoms with E-state index in [1.54, 1.807) is 0 Å². The first-order valence-corrected chi connectivity index (χ1v) is 7.84. The maximum Gasteiger partial charge on any atom is 0.416 e. The number of halogens is 3. The summed E-state index contributed by atoms with van der Waals surface area (Å²) in [6.07, 6.45) is -1.55. The van der Waals surface area contributed by atoms with E-state index in [1.807, 2.05) is 4.90 Å². The summed E-state index contributed by atoms with van der Waals surface area (Å²) in [4.78, 5) is 13.9. The Bertz CT molecular complexity index is 599. The normalized spacial score (nSPS) is 21.5. The van der Waals surface area contributed by atoms with E-state index in [1.165, 1.54) is 6.07 Å². The molecule has 1 saturated carbocycles. The summed E-state index contributed by atoms with van der Waals surface area (Å²) in [7, 11) is 0. The number of nitrogens with one attached hydrogen (secondary N) is 1. The molecule has 0 radical (unpaired) electrons. The van der Waals surface area contributed by atoms with Crippen LogP contribution in [0, 0.1) is 11.8 Å². The summed E-state index contributed by atoms with van der Waals surface area (Å²) in [6.45, 7) is 1.92. The molecule has 2 fully saturated rings. The van der Waals surface area contributed by atoms with Gasteiger partial charge in [-0.25, -0.2) is 0 Å². The highest BCUT2D eigenvalue weighted by atomic mass is 19.4. The molecule has 1 aliphatic carbocycles. The molecule has 7 heteroatoms. The summed E-state index contributed by atoms with van der Waals surface area (Å²) < 4.78 is 38.2. The zero-order chi connectivity index (χ0) is 16.6. The number of anilines is 2. The van der Waals surface area contributed by atoms with Crippen molar-refractivity contribution < 1.29 is 18.0 Å². The molecule has 126 valence electrons. The van der Waals surface area contributed by atoms with Gasteiger partial charge in [0.1, 0.15) is 0 Å². The molecule has 0 unspecified atom stereocenters. The van der Waals surface area contributed by atoms with E-state index >= 15 is 0 Å². The predicted molar refractivity (Wildman–Crippen MR) is 81.8 cm³/mol. The molecule has 4 nitrogen and oxygen atoms in total. The summed E-state index contributed by atoms with van der Waals surface area (Å²) >= 11 is 0. The lowest BCUT2D eigenvalue weighted by Crippen LogP contribution is -2.30. The lowest BCUT2D eigenvalue weighted by Gasteiger charge is -2.18. The van der Waals surface area contributed by atoms with Crippen LogP contribution in [0.25, 0.3) is 0 Å². The van der Waals surface area contributed by atoms with Crippen LogP contribution in [0.2, 0.25) is 0 Å². The molecular formula is C16H20F3N3O. The number of nitrogens with zero attached hydrogens (tertiary/aromatic N) is 1. The van der Waals surface area contributed by atoms with E-state index in [0.29, 0.717) is 24.5 Å². The Morgan fingerprint density at radius 3 is 2.70 bits per heavy atom. The van der Waals surface area contributed by atoms with Crippen LogP contribution < -0.4 is 11.1 Å². The van der Waals surface area contributed by atoms with Gasteiger partial charge in [0.25, 0.3) is 0 Å². The van der Waals surface area contributed by atoms with Gasteiger partial charge in [-0.3, -0.25) is 4.79 Å². The highest BCUT2D eigenvalue weighted by molar-refractivity contribution is 5.81. The number of hydrogen-bond donors (Lipinski definition) is 2. The van der Waals surface area contributed by atoms with Crippen LogP contribution >= 0.6 is 0 Å². The fraction of sp³-hybridized carbons (Fsp3) is 0.562. The van der Waals surface area contributed by atoms with E-state index < -0.39 is 11.7 Å². The van der Waals surface area contributed by atoms with Gasteiger partial charge in [0.2, 0.25) is 5.91 Å². The van der Waals surface area contributed by atoms with Crippen LogP contribution in [-0.4, -0.2) is 30.4 Å². The van der Waals surface area contributed by atoms with Crippen molar-refractivity contribution in [2.75, 3.05) is 30.7 Å². The molecule has 1 heterocycles. The predicted octanol–water partition coefficient (Wildman–Crippen LogP) is 2.96. The summed E-state index contributed by atoms with van der Waals surface area (Å²) in [5, 5.41) is 3.01. The molecule has 0 aromatic heterocycles. The van der Waals surface area contributed by atoms with Gasteiger partial charge in [-0.15, -0.1) is 0 Å². The van der Waals surface area contributed by atoms with E-state index in [2.05, 4.69) is 5.32 Å². The van der Waals surface area contributed by atoms with Crippen LogP contribution in [0.3, 0.4) is 0 Å². The fourth-order valence-electron chi connectivity index (χ4n) is 2.93. The van der Waals surface area contributed by atoms with Crippen LogP contribution in [0.5, 0.6) is 0 Å². The molecule has 23 heavy (non-hydrogen) atoms. The number of likely N-dealkylation sites (tertiary alicyclic amines) is 1. The Kier molecular flexibility index (Phi) is 4.12. The maximum atomic E-state index is 12.7. The van der Waals surface area contributed by atoms with Gasteiger partial charge in [-0.05, 0) is 43.4 Å². The summed E-state index contributed by atoms with van der Waals surface area (Å²) in [5.41, 5.74) is 5.62. The molecule has 1 aromatic rings. The Morgan fingerprint density at radius 2 is 2.04 bits per heavy atom. The average molecular weight is 327 g/mol. The third-order valence-corrected chi connectivity index (χ3v) is 4.49. The van der Waals surface area contributed by atoms with Crippen LogP contribution in [0.1, 0.15) is 24.8 Å². The van der Waals surface area contributed by atoms with Crippen molar-refractivity contribution in [3.63, 3.8) is 0 Å². The standard InChI is InChI=1S/C16H20F3N3O/c17-16(18,19)12-3-4-13(20)14(7-12)21-8-10-5-6-22(9-10)15(23)11-1-2-11/h3-4,7,10-11,21H,1-2,5-6,8-9,20H2/t10-/m0/s1. The highest BCUT2D eigenvalue weighted by Crippen LogP contribution is 2.34. The molecule has 3 N–H and O–H groups in total. The van der Waals surface area contributed by atoms with E-state index in [0.717, 1.165) is 37.9 Å². The maximum absolute atomic E-state index is 12.7. The molecular weight excluding hydrogens is 307 g/mol.